The van der Waals surface area contributed by atoms with E-state index >= 15 is 0 Å². The number of aromatic nitrogens is 4. The van der Waals surface area contributed by atoms with Gasteiger partial charge in [-0.1, -0.05) is 19.4 Å². The molecule has 1 atom stereocenters. The van der Waals surface area contributed by atoms with Gasteiger partial charge >= 0.3 is 0 Å². The third kappa shape index (κ3) is 6.86. The molecule has 1 unspecified atom stereocenters. The van der Waals surface area contributed by atoms with Crippen molar-refractivity contribution in [2.45, 2.75) is 53.4 Å². The quantitative estimate of drug-likeness (QED) is 0.174. The Kier molecular flexibility index (Phi) is 9.74. The van der Waals surface area contributed by atoms with Crippen LogP contribution in [0.3, 0.4) is 0 Å². The SMILES string of the molecule is CCC(CCNc1nc(NCCOC)nc(C)c1-c1nc2c(C)nccc2s1)CCc1c(F)ccc(C)c1F. The second-order valence-electron chi connectivity index (χ2n) is 9.72. The van der Waals surface area contributed by atoms with E-state index in [-0.39, 0.29) is 5.56 Å². The molecular weight excluding hydrogens is 518 g/mol. The number of halogens is 2. The van der Waals surface area contributed by atoms with Crippen molar-refractivity contribution in [3.05, 3.63) is 58.5 Å². The number of hydrogen-bond acceptors (Lipinski definition) is 8. The standard InChI is InChI=1S/C29H36F2N6OS/c1-6-20(8-9-21-22(30)10-7-17(2)25(21)31)11-13-33-27-24(18(3)35-29(37-27)34-15-16-38-5)28-36-26-19(4)32-14-12-23(26)39-28/h7,10,12,14,20H,6,8-9,11,13,15-16H2,1-5H3,(H2,33,34,35,37). The number of fused-ring (bicyclic) bond motifs is 1. The molecule has 7 nitrogen and oxygen atoms in total. The fraction of sp³-hybridized carbons (Fsp3) is 0.448. The number of rotatable bonds is 13. The normalized spacial score (nSPS) is 12.2. The predicted molar refractivity (Wildman–Crippen MR) is 155 cm³/mol. The number of methoxy groups -OCH3 is 1. The summed E-state index contributed by atoms with van der Waals surface area (Å²) < 4.78 is 35.0. The maximum absolute atomic E-state index is 14.5. The summed E-state index contributed by atoms with van der Waals surface area (Å²) in [5.74, 6) is 0.629. The van der Waals surface area contributed by atoms with Gasteiger partial charge in [0.15, 0.2) is 0 Å². The summed E-state index contributed by atoms with van der Waals surface area (Å²) in [6.07, 6.45) is 4.63. The zero-order chi connectivity index (χ0) is 27.9. The lowest BCUT2D eigenvalue weighted by Crippen LogP contribution is -2.15. The molecule has 0 saturated carbocycles. The van der Waals surface area contributed by atoms with Crippen LogP contribution in [0.25, 0.3) is 20.8 Å². The highest BCUT2D eigenvalue weighted by Gasteiger charge is 2.19. The highest BCUT2D eigenvalue weighted by atomic mass is 32.1. The molecule has 0 bridgehead atoms. The molecule has 0 fully saturated rings. The number of benzene rings is 1. The first-order valence-corrected chi connectivity index (χ1v) is 14.1. The molecule has 0 amide bonds. The van der Waals surface area contributed by atoms with Gasteiger partial charge < -0.3 is 15.4 Å². The van der Waals surface area contributed by atoms with Gasteiger partial charge in [0.2, 0.25) is 5.95 Å². The predicted octanol–water partition coefficient (Wildman–Crippen LogP) is 6.87. The lowest BCUT2D eigenvalue weighted by molar-refractivity contribution is 0.210. The summed E-state index contributed by atoms with van der Waals surface area (Å²) in [5.41, 5.74) is 4.10. The number of pyridine rings is 1. The molecule has 0 aliphatic heterocycles. The Morgan fingerprint density at radius 1 is 0.974 bits per heavy atom. The Hall–Kier alpha value is -3.24. The molecule has 0 saturated heterocycles. The maximum Gasteiger partial charge on any atom is 0.224 e. The molecule has 10 heteroatoms. The average molecular weight is 555 g/mol. The molecule has 4 aromatic rings. The largest absolute Gasteiger partial charge is 0.383 e. The van der Waals surface area contributed by atoms with E-state index in [9.17, 15) is 8.78 Å². The Balaban J connectivity index is 1.53. The second kappa shape index (κ2) is 13.2. The van der Waals surface area contributed by atoms with Gasteiger partial charge in [0.1, 0.15) is 28.0 Å². The van der Waals surface area contributed by atoms with Crippen molar-refractivity contribution < 1.29 is 13.5 Å². The first kappa shape index (κ1) is 28.8. The number of nitrogens with zero attached hydrogens (tertiary/aromatic N) is 4. The summed E-state index contributed by atoms with van der Waals surface area (Å²) in [6.45, 7) is 9.48. The fourth-order valence-electron chi connectivity index (χ4n) is 4.63. The number of nitrogens with one attached hydrogen (secondary N) is 2. The van der Waals surface area contributed by atoms with Crippen LogP contribution in [0.5, 0.6) is 0 Å². The number of hydrogen-bond donors (Lipinski definition) is 2. The van der Waals surface area contributed by atoms with E-state index in [0.717, 1.165) is 45.0 Å². The molecule has 3 aromatic heterocycles. The van der Waals surface area contributed by atoms with E-state index in [1.165, 1.54) is 12.1 Å². The lowest BCUT2D eigenvalue weighted by Gasteiger charge is -2.18. The van der Waals surface area contributed by atoms with Crippen molar-refractivity contribution in [1.82, 2.24) is 19.9 Å². The topological polar surface area (TPSA) is 84.9 Å². The van der Waals surface area contributed by atoms with Gasteiger partial charge in [-0.2, -0.15) is 4.98 Å². The van der Waals surface area contributed by atoms with E-state index in [1.54, 1.807) is 31.6 Å². The van der Waals surface area contributed by atoms with Crippen molar-refractivity contribution in [1.29, 1.82) is 0 Å². The third-order valence-corrected chi connectivity index (χ3v) is 8.03. The minimum Gasteiger partial charge on any atom is -0.383 e. The van der Waals surface area contributed by atoms with Crippen LogP contribution in [-0.2, 0) is 11.2 Å². The Morgan fingerprint density at radius 3 is 2.54 bits per heavy atom. The molecule has 39 heavy (non-hydrogen) atoms. The van der Waals surface area contributed by atoms with Gasteiger partial charge in [-0.15, -0.1) is 11.3 Å². The van der Waals surface area contributed by atoms with Gasteiger partial charge in [0.25, 0.3) is 0 Å². The molecular formula is C29H36F2N6OS. The molecule has 4 rings (SSSR count). The Bertz CT molecular complexity index is 1430. The summed E-state index contributed by atoms with van der Waals surface area (Å²) >= 11 is 1.59. The smallest absolute Gasteiger partial charge is 0.224 e. The van der Waals surface area contributed by atoms with E-state index < -0.39 is 11.6 Å². The van der Waals surface area contributed by atoms with Crippen LogP contribution in [0.15, 0.2) is 24.4 Å². The Labute approximate surface area is 232 Å². The second-order valence-corrected chi connectivity index (χ2v) is 10.8. The van der Waals surface area contributed by atoms with Crippen LogP contribution < -0.4 is 10.6 Å². The molecule has 0 radical (unpaired) electrons. The number of aryl methyl sites for hydroxylation is 3. The monoisotopic (exact) mass is 554 g/mol. The fourth-order valence-corrected chi connectivity index (χ4v) is 5.74. The summed E-state index contributed by atoms with van der Waals surface area (Å²) in [5, 5.41) is 7.57. The summed E-state index contributed by atoms with van der Waals surface area (Å²) in [7, 11) is 1.65. The summed E-state index contributed by atoms with van der Waals surface area (Å²) in [6, 6.07) is 4.81. The number of ether oxygens (including phenoxy) is 1. The molecule has 0 aliphatic rings. The van der Waals surface area contributed by atoms with Crippen molar-refractivity contribution in [2.75, 3.05) is 37.4 Å². The molecule has 0 aliphatic carbocycles. The molecule has 2 N–H and O–H groups in total. The van der Waals surface area contributed by atoms with Crippen molar-refractivity contribution in [3.8, 4) is 10.6 Å². The van der Waals surface area contributed by atoms with E-state index in [2.05, 4.69) is 27.5 Å². The molecule has 0 spiro atoms. The van der Waals surface area contributed by atoms with Crippen LogP contribution in [0, 0.1) is 38.3 Å². The zero-order valence-electron chi connectivity index (χ0n) is 23.2. The first-order valence-electron chi connectivity index (χ1n) is 13.3. The number of thiazole rings is 1. The van der Waals surface area contributed by atoms with Crippen LogP contribution in [0.1, 0.15) is 48.7 Å². The highest BCUT2D eigenvalue weighted by molar-refractivity contribution is 7.21. The summed E-state index contributed by atoms with van der Waals surface area (Å²) in [4.78, 5) is 18.7. The van der Waals surface area contributed by atoms with Crippen molar-refractivity contribution in [2.24, 2.45) is 5.92 Å². The van der Waals surface area contributed by atoms with Crippen LogP contribution >= 0.6 is 11.3 Å². The van der Waals surface area contributed by atoms with E-state index in [4.69, 9.17) is 14.7 Å². The maximum atomic E-state index is 14.5. The molecule has 208 valence electrons. The molecule has 3 heterocycles. The average Bonchev–Trinajstić information content (AvgIpc) is 3.35. The van der Waals surface area contributed by atoms with Gasteiger partial charge in [0, 0.05) is 32.0 Å². The number of anilines is 2. The van der Waals surface area contributed by atoms with Crippen molar-refractivity contribution >= 4 is 33.3 Å². The van der Waals surface area contributed by atoms with Crippen LogP contribution in [0.4, 0.5) is 20.5 Å². The first-order chi connectivity index (χ1) is 18.8. The van der Waals surface area contributed by atoms with Gasteiger partial charge in [-0.3, -0.25) is 4.98 Å². The lowest BCUT2D eigenvalue weighted by atomic mass is 9.93. The van der Waals surface area contributed by atoms with E-state index in [1.807, 2.05) is 19.9 Å². The van der Waals surface area contributed by atoms with E-state index in [0.29, 0.717) is 55.8 Å². The van der Waals surface area contributed by atoms with Gasteiger partial charge in [-0.25, -0.2) is 18.7 Å². The van der Waals surface area contributed by atoms with Crippen LogP contribution in [-0.4, -0.2) is 46.7 Å². The van der Waals surface area contributed by atoms with Gasteiger partial charge in [0.05, 0.1) is 28.3 Å². The highest BCUT2D eigenvalue weighted by Crippen LogP contribution is 2.36. The van der Waals surface area contributed by atoms with Crippen molar-refractivity contribution in [3.63, 3.8) is 0 Å². The zero-order valence-corrected chi connectivity index (χ0v) is 24.0. The minimum absolute atomic E-state index is 0.183. The van der Waals surface area contributed by atoms with Crippen LogP contribution in [0.2, 0.25) is 0 Å². The Morgan fingerprint density at radius 2 is 1.79 bits per heavy atom. The van der Waals surface area contributed by atoms with Gasteiger partial charge in [-0.05, 0) is 63.6 Å². The third-order valence-electron chi connectivity index (χ3n) is 6.99. The molecule has 1 aromatic carbocycles. The minimum atomic E-state index is -0.470.